The molecule has 1 fully saturated rings. The maximum atomic E-state index is 11.7. The highest BCUT2D eigenvalue weighted by molar-refractivity contribution is 6.43. The van der Waals surface area contributed by atoms with Crippen molar-refractivity contribution in [2.45, 2.75) is 18.8 Å². The first-order chi connectivity index (χ1) is 8.74. The molecule has 6 nitrogen and oxygen atoms in total. The van der Waals surface area contributed by atoms with Crippen LogP contribution in [0.2, 0.25) is 0 Å². The molecule has 3 rings (SSSR count). The highest BCUT2D eigenvalue weighted by Crippen LogP contribution is 2.46. The summed E-state index contributed by atoms with van der Waals surface area (Å²) in [5, 5.41) is 6.47. The largest absolute Gasteiger partial charge is 0.469 e. The topological polar surface area (TPSA) is 83.7 Å². The molecule has 1 saturated carbocycles. The third kappa shape index (κ3) is 2.13. The molecule has 1 aromatic heterocycles. The van der Waals surface area contributed by atoms with Crippen molar-refractivity contribution in [1.82, 2.24) is 10.7 Å². The van der Waals surface area contributed by atoms with E-state index in [9.17, 15) is 9.59 Å². The van der Waals surface area contributed by atoms with E-state index in [1.165, 1.54) is 0 Å². The molecule has 0 bridgehead atoms. The van der Waals surface area contributed by atoms with Gasteiger partial charge in [-0.1, -0.05) is 0 Å². The molecule has 0 saturated heterocycles. The van der Waals surface area contributed by atoms with Crippen molar-refractivity contribution < 1.29 is 14.0 Å². The molecule has 0 aromatic carbocycles. The fourth-order valence-corrected chi connectivity index (χ4v) is 2.14. The number of nitrogens with one attached hydrogen (secondary N) is 2. The van der Waals surface area contributed by atoms with E-state index in [0.29, 0.717) is 18.4 Å². The van der Waals surface area contributed by atoms with Gasteiger partial charge in [-0.05, 0) is 24.5 Å². The lowest BCUT2D eigenvalue weighted by atomic mass is 10.2. The predicted octanol–water partition coefficient (Wildman–Crippen LogP) is 0.375. The fraction of sp³-hybridized carbons (Fsp3) is 0.417. The summed E-state index contributed by atoms with van der Waals surface area (Å²) < 4.78 is 5.32. The molecule has 2 aliphatic rings. The molecule has 0 radical (unpaired) electrons. The first kappa shape index (κ1) is 11.0. The maximum Gasteiger partial charge on any atom is 0.268 e. The van der Waals surface area contributed by atoms with Crippen molar-refractivity contribution in [3.63, 3.8) is 0 Å². The Bertz CT molecular complexity index is 507. The van der Waals surface area contributed by atoms with Crippen molar-refractivity contribution in [2.75, 3.05) is 6.54 Å². The Kier molecular flexibility index (Phi) is 2.62. The van der Waals surface area contributed by atoms with Gasteiger partial charge in [0.15, 0.2) is 0 Å². The van der Waals surface area contributed by atoms with Gasteiger partial charge in [-0.15, -0.1) is 0 Å². The summed E-state index contributed by atoms with van der Waals surface area (Å²) in [6.07, 6.45) is 2.75. The molecule has 2 heterocycles. The van der Waals surface area contributed by atoms with E-state index in [2.05, 4.69) is 15.8 Å². The van der Waals surface area contributed by atoms with Gasteiger partial charge in [0.05, 0.1) is 12.7 Å². The number of nitrogens with zero attached hydrogens (tertiary/aromatic N) is 1. The van der Waals surface area contributed by atoms with Crippen LogP contribution in [0, 0.1) is 5.92 Å². The van der Waals surface area contributed by atoms with Crippen molar-refractivity contribution in [3.8, 4) is 0 Å². The van der Waals surface area contributed by atoms with Crippen LogP contribution in [-0.2, 0) is 9.59 Å². The van der Waals surface area contributed by atoms with Crippen LogP contribution in [0.1, 0.15) is 24.5 Å². The summed E-state index contributed by atoms with van der Waals surface area (Å²) in [6.45, 7) is 0.595. The molecular formula is C12H13N3O3. The molecular weight excluding hydrogens is 234 g/mol. The number of hydrogen-bond acceptors (Lipinski definition) is 4. The van der Waals surface area contributed by atoms with Gasteiger partial charge in [-0.3, -0.25) is 9.59 Å². The third-order valence-corrected chi connectivity index (χ3v) is 3.26. The molecule has 0 spiro atoms. The minimum atomic E-state index is -0.265. The Morgan fingerprint density at radius 1 is 1.61 bits per heavy atom. The van der Waals surface area contributed by atoms with Crippen LogP contribution in [0.4, 0.5) is 0 Å². The molecule has 1 aliphatic heterocycles. The van der Waals surface area contributed by atoms with Crippen molar-refractivity contribution in [1.29, 1.82) is 0 Å². The van der Waals surface area contributed by atoms with Crippen molar-refractivity contribution in [2.24, 2.45) is 11.0 Å². The minimum Gasteiger partial charge on any atom is -0.469 e. The summed E-state index contributed by atoms with van der Waals surface area (Å²) in [6, 6.07) is 3.82. The Morgan fingerprint density at radius 3 is 3.17 bits per heavy atom. The normalized spacial score (nSPS) is 25.6. The second-order valence-electron chi connectivity index (χ2n) is 4.60. The van der Waals surface area contributed by atoms with Crippen LogP contribution in [0.25, 0.3) is 0 Å². The standard InChI is InChI=1S/C12H13N3O3/c16-11-5-9(14-15-11)12(17)13-6-7-4-8(7)10-2-1-3-18-10/h1-3,7-8H,4-6H2,(H,13,17)(H,15,16)/t7-,8+/m0/s1. The smallest absolute Gasteiger partial charge is 0.268 e. The van der Waals surface area contributed by atoms with E-state index in [4.69, 9.17) is 4.42 Å². The number of amides is 2. The van der Waals surface area contributed by atoms with E-state index < -0.39 is 0 Å². The molecule has 18 heavy (non-hydrogen) atoms. The average Bonchev–Trinajstić information content (AvgIpc) is 2.81. The third-order valence-electron chi connectivity index (χ3n) is 3.26. The first-order valence-electron chi connectivity index (χ1n) is 5.91. The zero-order valence-electron chi connectivity index (χ0n) is 9.68. The number of carbonyl (C=O) groups is 2. The van der Waals surface area contributed by atoms with E-state index in [1.807, 2.05) is 12.1 Å². The summed E-state index contributed by atoms with van der Waals surface area (Å²) in [5.74, 6) is 1.30. The highest BCUT2D eigenvalue weighted by Gasteiger charge is 2.40. The predicted molar refractivity (Wildman–Crippen MR) is 62.8 cm³/mol. The molecule has 1 aromatic rings. The van der Waals surface area contributed by atoms with Gasteiger partial charge in [0, 0.05) is 12.5 Å². The Balaban J connectivity index is 1.46. The zero-order chi connectivity index (χ0) is 12.5. The Hall–Kier alpha value is -2.11. The lowest BCUT2D eigenvalue weighted by molar-refractivity contribution is -0.120. The highest BCUT2D eigenvalue weighted by atomic mass is 16.3. The van der Waals surface area contributed by atoms with Gasteiger partial charge >= 0.3 is 0 Å². The number of rotatable bonds is 4. The van der Waals surface area contributed by atoms with Gasteiger partial charge in [0.25, 0.3) is 5.91 Å². The molecule has 6 heteroatoms. The Morgan fingerprint density at radius 2 is 2.50 bits per heavy atom. The molecule has 1 aliphatic carbocycles. The minimum absolute atomic E-state index is 0.0676. The molecule has 2 N–H and O–H groups in total. The van der Waals surface area contributed by atoms with E-state index in [0.717, 1.165) is 12.2 Å². The molecule has 2 atom stereocenters. The summed E-state index contributed by atoms with van der Waals surface area (Å²) in [5.41, 5.74) is 2.52. The Labute approximate surface area is 103 Å². The fourth-order valence-electron chi connectivity index (χ4n) is 2.14. The van der Waals surface area contributed by atoms with Crippen LogP contribution in [0.3, 0.4) is 0 Å². The van der Waals surface area contributed by atoms with E-state index >= 15 is 0 Å². The second kappa shape index (κ2) is 4.29. The molecule has 94 valence electrons. The maximum absolute atomic E-state index is 11.7. The summed E-state index contributed by atoms with van der Waals surface area (Å²) in [4.78, 5) is 22.6. The summed E-state index contributed by atoms with van der Waals surface area (Å²) >= 11 is 0. The molecule has 0 unspecified atom stereocenters. The van der Waals surface area contributed by atoms with Crippen LogP contribution in [-0.4, -0.2) is 24.1 Å². The first-order valence-corrected chi connectivity index (χ1v) is 5.91. The van der Waals surface area contributed by atoms with Crippen LogP contribution < -0.4 is 10.7 Å². The van der Waals surface area contributed by atoms with Crippen molar-refractivity contribution in [3.05, 3.63) is 24.2 Å². The average molecular weight is 247 g/mol. The van der Waals surface area contributed by atoms with Gasteiger partial charge in [0.2, 0.25) is 5.91 Å². The van der Waals surface area contributed by atoms with Crippen LogP contribution in [0.15, 0.2) is 27.9 Å². The number of hydrogen-bond donors (Lipinski definition) is 2. The van der Waals surface area contributed by atoms with Crippen molar-refractivity contribution >= 4 is 17.5 Å². The van der Waals surface area contributed by atoms with Crippen LogP contribution in [0.5, 0.6) is 0 Å². The lowest BCUT2D eigenvalue weighted by Gasteiger charge is -2.02. The SMILES string of the molecule is O=C1CC(C(=O)NC[C@@H]2C[C@H]2c2ccco2)=NN1. The summed E-state index contributed by atoms with van der Waals surface area (Å²) in [7, 11) is 0. The molecule has 2 amide bonds. The monoisotopic (exact) mass is 247 g/mol. The number of hydrazone groups is 1. The van der Waals surface area contributed by atoms with Gasteiger partial charge in [-0.25, -0.2) is 5.43 Å². The van der Waals surface area contributed by atoms with E-state index in [1.54, 1.807) is 6.26 Å². The second-order valence-corrected chi connectivity index (χ2v) is 4.60. The zero-order valence-corrected chi connectivity index (χ0v) is 9.68. The lowest BCUT2D eigenvalue weighted by Crippen LogP contribution is -2.32. The van der Waals surface area contributed by atoms with Gasteiger partial charge < -0.3 is 9.73 Å². The number of carbonyl (C=O) groups excluding carboxylic acids is 2. The van der Waals surface area contributed by atoms with Crippen LogP contribution >= 0.6 is 0 Å². The van der Waals surface area contributed by atoms with Gasteiger partial charge in [-0.2, -0.15) is 5.10 Å². The van der Waals surface area contributed by atoms with E-state index in [-0.39, 0.29) is 23.9 Å². The number of furan rings is 1. The quantitative estimate of drug-likeness (QED) is 0.806. The van der Waals surface area contributed by atoms with Gasteiger partial charge in [0.1, 0.15) is 11.5 Å².